The molecule has 0 aromatic heterocycles. The summed E-state index contributed by atoms with van der Waals surface area (Å²) in [5.41, 5.74) is 11.7. The molecule has 0 amide bonds. The van der Waals surface area contributed by atoms with Crippen LogP contribution in [-0.4, -0.2) is 8.42 Å². The van der Waals surface area contributed by atoms with Crippen LogP contribution in [0, 0.1) is 17.8 Å². The lowest BCUT2D eigenvalue weighted by Crippen LogP contribution is -2.46. The lowest BCUT2D eigenvalue weighted by atomic mass is 9.55. The van der Waals surface area contributed by atoms with Crippen LogP contribution < -0.4 is 4.90 Å². The first-order valence-corrected chi connectivity index (χ1v) is 21.6. The molecule has 0 saturated heterocycles. The summed E-state index contributed by atoms with van der Waals surface area (Å²) in [4.78, 5) is 3.28. The SMILES string of the molecule is C[C@@H]1C[C@@H]2CCCC1CC21c2ccccc2S(=O)(=O)c2ccc(N(c3ccc(-c4ccccc4)cc3)c3ccc(-c4ccc(-c5ccccc5)cc4)cc3)cc21. The molecule has 3 fully saturated rings. The number of hydrogen-bond acceptors (Lipinski definition) is 3. The lowest BCUT2D eigenvalue weighted by Gasteiger charge is -2.51. The predicted molar refractivity (Wildman–Crippen MR) is 229 cm³/mol. The third kappa shape index (κ3) is 5.73. The molecule has 4 heteroatoms. The van der Waals surface area contributed by atoms with Crippen LogP contribution in [0.1, 0.15) is 50.2 Å². The Morgan fingerprint density at radius 3 is 1.54 bits per heavy atom. The van der Waals surface area contributed by atoms with Gasteiger partial charge in [0.1, 0.15) is 0 Å². The quantitative estimate of drug-likeness (QED) is 0.170. The first kappa shape index (κ1) is 34.8. The van der Waals surface area contributed by atoms with Crippen molar-refractivity contribution in [3.05, 3.63) is 187 Å². The normalized spacial score (nSPS) is 21.8. The van der Waals surface area contributed by atoms with E-state index in [4.69, 9.17) is 0 Å². The molecule has 4 atom stereocenters. The van der Waals surface area contributed by atoms with E-state index < -0.39 is 9.84 Å². The van der Waals surface area contributed by atoms with Gasteiger partial charge >= 0.3 is 0 Å². The van der Waals surface area contributed by atoms with Crippen LogP contribution in [0.2, 0.25) is 0 Å². The van der Waals surface area contributed by atoms with Gasteiger partial charge in [-0.05, 0) is 130 Å². The van der Waals surface area contributed by atoms with E-state index in [1.807, 2.05) is 42.5 Å². The minimum atomic E-state index is -3.70. The fourth-order valence-electron chi connectivity index (χ4n) is 10.4. The third-order valence-electron chi connectivity index (χ3n) is 13.2. The minimum Gasteiger partial charge on any atom is -0.310 e. The lowest BCUT2D eigenvalue weighted by molar-refractivity contribution is 0.131. The molecule has 7 aromatic rings. The van der Waals surface area contributed by atoms with Gasteiger partial charge in [0.2, 0.25) is 9.84 Å². The average Bonchev–Trinajstić information content (AvgIpc) is 3.56. The van der Waals surface area contributed by atoms with E-state index in [-0.39, 0.29) is 5.41 Å². The molecule has 2 bridgehead atoms. The highest BCUT2D eigenvalue weighted by atomic mass is 32.2. The molecule has 3 nitrogen and oxygen atoms in total. The number of rotatable bonds is 6. The van der Waals surface area contributed by atoms with Crippen LogP contribution in [0.5, 0.6) is 0 Å². The standard InChI is InChI=1S/C52H45NO2S/c1-36-33-44-16-10-15-43(36)35-52(44)48-17-8-9-18-50(48)56(54,55)51-32-31-47(34-49(51)52)53(45-27-23-41(24-28-45)38-13-6-3-7-14-38)46-29-25-42(26-30-46)40-21-19-39(20-22-40)37-11-4-2-5-12-37/h2-9,11-14,17-32,34,36,43-44H,10,15-16,33,35H2,1H3/t36-,43?,44+,52?/m1/s1. The van der Waals surface area contributed by atoms with Gasteiger partial charge in [0.25, 0.3) is 0 Å². The molecule has 3 aliphatic carbocycles. The molecule has 1 aliphatic heterocycles. The largest absolute Gasteiger partial charge is 0.310 e. The van der Waals surface area contributed by atoms with Crippen molar-refractivity contribution in [2.45, 2.75) is 54.2 Å². The maximum absolute atomic E-state index is 14.5. The molecule has 4 aliphatic rings. The Balaban J connectivity index is 1.11. The molecule has 0 N–H and O–H groups in total. The van der Waals surface area contributed by atoms with Gasteiger partial charge in [-0.25, -0.2) is 8.42 Å². The summed E-state index contributed by atoms with van der Waals surface area (Å²) in [6, 6.07) is 61.3. The summed E-state index contributed by atoms with van der Waals surface area (Å²) in [6.07, 6.45) is 5.65. The maximum atomic E-state index is 14.5. The predicted octanol–water partition coefficient (Wildman–Crippen LogP) is 13.4. The molecule has 1 spiro atoms. The van der Waals surface area contributed by atoms with Crippen molar-refractivity contribution in [3.8, 4) is 33.4 Å². The maximum Gasteiger partial charge on any atom is 0.207 e. The zero-order chi connectivity index (χ0) is 37.9. The van der Waals surface area contributed by atoms with Gasteiger partial charge in [-0.1, -0.05) is 147 Å². The van der Waals surface area contributed by atoms with E-state index in [1.54, 1.807) is 0 Å². The Kier molecular flexibility index (Phi) is 8.56. The molecule has 0 radical (unpaired) electrons. The third-order valence-corrected chi connectivity index (χ3v) is 15.1. The number of anilines is 3. The van der Waals surface area contributed by atoms with Crippen molar-refractivity contribution in [1.82, 2.24) is 0 Å². The van der Waals surface area contributed by atoms with E-state index in [2.05, 4.69) is 145 Å². The van der Waals surface area contributed by atoms with Crippen molar-refractivity contribution in [2.24, 2.45) is 17.8 Å². The molecule has 3 saturated carbocycles. The van der Waals surface area contributed by atoms with Gasteiger partial charge in [0.15, 0.2) is 0 Å². The van der Waals surface area contributed by atoms with Crippen molar-refractivity contribution in [2.75, 3.05) is 4.90 Å². The van der Waals surface area contributed by atoms with Crippen LogP contribution in [0.15, 0.2) is 186 Å². The Morgan fingerprint density at radius 2 is 0.964 bits per heavy atom. The summed E-state index contributed by atoms with van der Waals surface area (Å²) in [6.45, 7) is 2.42. The summed E-state index contributed by atoms with van der Waals surface area (Å²) in [5.74, 6) is 1.58. The summed E-state index contributed by atoms with van der Waals surface area (Å²) < 4.78 is 29.1. The number of sulfone groups is 1. The fourth-order valence-corrected chi connectivity index (χ4v) is 12.2. The van der Waals surface area contributed by atoms with Crippen LogP contribution in [-0.2, 0) is 15.3 Å². The minimum absolute atomic E-state index is 0.348. The number of hydrogen-bond donors (Lipinski definition) is 0. The summed E-state index contributed by atoms with van der Waals surface area (Å²) in [5, 5.41) is 0. The smallest absolute Gasteiger partial charge is 0.207 e. The zero-order valence-corrected chi connectivity index (χ0v) is 32.5. The first-order chi connectivity index (χ1) is 27.4. The first-order valence-electron chi connectivity index (χ1n) is 20.1. The van der Waals surface area contributed by atoms with Crippen LogP contribution in [0.3, 0.4) is 0 Å². The summed E-state index contributed by atoms with van der Waals surface area (Å²) >= 11 is 0. The molecule has 11 rings (SSSR count). The van der Waals surface area contributed by atoms with Crippen molar-refractivity contribution in [3.63, 3.8) is 0 Å². The topological polar surface area (TPSA) is 37.4 Å². The van der Waals surface area contributed by atoms with Gasteiger partial charge in [-0.2, -0.15) is 0 Å². The molecule has 7 aromatic carbocycles. The van der Waals surface area contributed by atoms with Crippen molar-refractivity contribution < 1.29 is 8.42 Å². The molecule has 2 unspecified atom stereocenters. The Bertz CT molecular complexity index is 2640. The van der Waals surface area contributed by atoms with Crippen LogP contribution in [0.4, 0.5) is 17.1 Å². The summed E-state index contributed by atoms with van der Waals surface area (Å²) in [7, 11) is -3.70. The highest BCUT2D eigenvalue weighted by Gasteiger charge is 2.55. The van der Waals surface area contributed by atoms with Crippen LogP contribution in [0.25, 0.3) is 33.4 Å². The van der Waals surface area contributed by atoms with Crippen molar-refractivity contribution >= 4 is 26.9 Å². The molecule has 1 heterocycles. The van der Waals surface area contributed by atoms with Gasteiger partial charge < -0.3 is 4.90 Å². The molecular weight excluding hydrogens is 703 g/mol. The second-order valence-electron chi connectivity index (χ2n) is 16.2. The molecular formula is C52H45NO2S. The Morgan fingerprint density at radius 1 is 0.500 bits per heavy atom. The number of nitrogens with zero attached hydrogens (tertiary/aromatic N) is 1. The van der Waals surface area contributed by atoms with Crippen LogP contribution >= 0.6 is 0 Å². The van der Waals surface area contributed by atoms with Gasteiger partial charge in [0.05, 0.1) is 9.79 Å². The number of fused-ring (bicyclic) bond motifs is 5. The van der Waals surface area contributed by atoms with Crippen molar-refractivity contribution in [1.29, 1.82) is 0 Å². The fraction of sp³-hybridized carbons (Fsp3) is 0.192. The highest BCUT2D eigenvalue weighted by molar-refractivity contribution is 7.91. The number of benzene rings is 7. The Hall–Kier alpha value is -5.71. The molecule has 276 valence electrons. The monoisotopic (exact) mass is 747 g/mol. The van der Waals surface area contributed by atoms with E-state index in [1.165, 1.54) is 29.5 Å². The van der Waals surface area contributed by atoms with Gasteiger partial charge in [-0.15, -0.1) is 0 Å². The van der Waals surface area contributed by atoms with E-state index in [9.17, 15) is 8.42 Å². The van der Waals surface area contributed by atoms with Gasteiger partial charge in [-0.3, -0.25) is 0 Å². The molecule has 56 heavy (non-hydrogen) atoms. The highest BCUT2D eigenvalue weighted by Crippen LogP contribution is 2.62. The van der Waals surface area contributed by atoms with E-state index in [0.717, 1.165) is 64.1 Å². The zero-order valence-electron chi connectivity index (χ0n) is 31.7. The Labute approximate surface area is 331 Å². The van der Waals surface area contributed by atoms with Gasteiger partial charge in [0, 0.05) is 22.5 Å². The van der Waals surface area contributed by atoms with E-state index >= 15 is 0 Å². The van der Waals surface area contributed by atoms with E-state index in [0.29, 0.717) is 27.5 Å². The average molecular weight is 748 g/mol. The second kappa shape index (κ2) is 13.8. The second-order valence-corrected chi connectivity index (χ2v) is 18.1.